The van der Waals surface area contributed by atoms with Gasteiger partial charge in [-0.1, -0.05) is 12.1 Å². The summed E-state index contributed by atoms with van der Waals surface area (Å²) >= 11 is 0. The third-order valence-electron chi connectivity index (χ3n) is 3.21. The summed E-state index contributed by atoms with van der Waals surface area (Å²) in [5.74, 6) is -0.318. The molecule has 0 saturated heterocycles. The summed E-state index contributed by atoms with van der Waals surface area (Å²) in [6.07, 6.45) is 4.81. The van der Waals surface area contributed by atoms with E-state index in [1.165, 1.54) is 13.2 Å². The number of carbonyl (C=O) groups excluding carboxylic acids is 2. The molecular formula is C17H18O5. The lowest BCUT2D eigenvalue weighted by Gasteiger charge is -2.14. The topological polar surface area (TPSA) is 61.8 Å². The molecular weight excluding hydrogens is 284 g/mol. The van der Waals surface area contributed by atoms with Gasteiger partial charge in [-0.2, -0.15) is 0 Å². The van der Waals surface area contributed by atoms with Gasteiger partial charge in [0.1, 0.15) is 11.3 Å². The second-order valence-corrected chi connectivity index (χ2v) is 4.71. The summed E-state index contributed by atoms with van der Waals surface area (Å²) in [5, 5.41) is 0. The number of hydrogen-bond donors (Lipinski definition) is 0. The first kappa shape index (κ1) is 15.8. The van der Waals surface area contributed by atoms with Crippen molar-refractivity contribution in [3.8, 4) is 5.75 Å². The zero-order chi connectivity index (χ0) is 15.9. The van der Waals surface area contributed by atoms with E-state index in [0.717, 1.165) is 12.8 Å². The number of methoxy groups -OCH3 is 2. The maximum absolute atomic E-state index is 12.5. The first-order valence-corrected chi connectivity index (χ1v) is 6.97. The highest BCUT2D eigenvalue weighted by Crippen LogP contribution is 2.20. The summed E-state index contributed by atoms with van der Waals surface area (Å²) in [7, 11) is 2.79. The minimum atomic E-state index is -0.692. The summed E-state index contributed by atoms with van der Waals surface area (Å²) in [6.45, 7) is 0.477. The molecule has 1 aromatic carbocycles. The van der Waals surface area contributed by atoms with Gasteiger partial charge >= 0.3 is 5.97 Å². The van der Waals surface area contributed by atoms with Gasteiger partial charge < -0.3 is 14.2 Å². The first-order chi connectivity index (χ1) is 10.7. The maximum Gasteiger partial charge on any atom is 0.342 e. The zero-order valence-corrected chi connectivity index (χ0v) is 12.6. The van der Waals surface area contributed by atoms with Crippen molar-refractivity contribution < 1.29 is 23.8 Å². The molecule has 1 aromatic rings. The van der Waals surface area contributed by atoms with E-state index in [-0.39, 0.29) is 11.3 Å². The minimum Gasteiger partial charge on any atom is -0.497 e. The fourth-order valence-electron chi connectivity index (χ4n) is 2.07. The molecule has 0 amide bonds. The molecule has 5 heteroatoms. The Hall–Kier alpha value is -2.56. The molecule has 1 aliphatic heterocycles. The first-order valence-electron chi connectivity index (χ1n) is 6.97. The van der Waals surface area contributed by atoms with Crippen molar-refractivity contribution in [2.24, 2.45) is 0 Å². The van der Waals surface area contributed by atoms with Crippen LogP contribution in [-0.4, -0.2) is 32.6 Å². The fourth-order valence-corrected chi connectivity index (χ4v) is 2.07. The number of benzene rings is 1. The largest absolute Gasteiger partial charge is 0.497 e. The molecule has 2 rings (SSSR count). The van der Waals surface area contributed by atoms with Crippen molar-refractivity contribution in [2.75, 3.05) is 20.8 Å². The SMILES string of the molecule is COC(=O)/C(=C\c1cccc(OC)c1)C(=O)C1=CCCCO1. The molecule has 5 nitrogen and oxygen atoms in total. The molecule has 0 saturated carbocycles. The number of esters is 1. The third kappa shape index (κ3) is 3.75. The van der Waals surface area contributed by atoms with Gasteiger partial charge in [-0.25, -0.2) is 4.79 Å². The van der Waals surface area contributed by atoms with E-state index in [2.05, 4.69) is 0 Å². The minimum absolute atomic E-state index is 0.0658. The number of carbonyl (C=O) groups is 2. The maximum atomic E-state index is 12.5. The van der Waals surface area contributed by atoms with Crippen molar-refractivity contribution in [2.45, 2.75) is 12.8 Å². The number of rotatable bonds is 5. The van der Waals surface area contributed by atoms with Gasteiger partial charge in [0.25, 0.3) is 0 Å². The Morgan fingerprint density at radius 2 is 2.09 bits per heavy atom. The highest BCUT2D eigenvalue weighted by molar-refractivity contribution is 6.26. The lowest BCUT2D eigenvalue weighted by Crippen LogP contribution is -2.19. The van der Waals surface area contributed by atoms with Crippen molar-refractivity contribution in [1.29, 1.82) is 0 Å². The van der Waals surface area contributed by atoms with Gasteiger partial charge in [0.2, 0.25) is 5.78 Å². The summed E-state index contributed by atoms with van der Waals surface area (Å²) in [6, 6.07) is 7.06. The molecule has 0 bridgehead atoms. The van der Waals surface area contributed by atoms with Crippen LogP contribution in [0.15, 0.2) is 41.7 Å². The predicted molar refractivity (Wildman–Crippen MR) is 81.3 cm³/mol. The highest BCUT2D eigenvalue weighted by Gasteiger charge is 2.24. The predicted octanol–water partition coefficient (Wildman–Crippen LogP) is 2.52. The molecule has 116 valence electrons. The van der Waals surface area contributed by atoms with Gasteiger partial charge in [0, 0.05) is 0 Å². The molecule has 22 heavy (non-hydrogen) atoms. The summed E-state index contributed by atoms with van der Waals surface area (Å²) in [4.78, 5) is 24.4. The molecule has 0 atom stereocenters. The Labute approximate surface area is 129 Å². The fraction of sp³-hybridized carbons (Fsp3) is 0.294. The van der Waals surface area contributed by atoms with Crippen LogP contribution < -0.4 is 4.74 Å². The number of hydrogen-bond acceptors (Lipinski definition) is 5. The van der Waals surface area contributed by atoms with Crippen molar-refractivity contribution >= 4 is 17.8 Å². The number of ketones is 1. The van der Waals surface area contributed by atoms with Crippen LogP contribution in [0.5, 0.6) is 5.75 Å². The Balaban J connectivity index is 2.36. The van der Waals surface area contributed by atoms with Crippen molar-refractivity contribution in [3.63, 3.8) is 0 Å². The molecule has 0 aromatic heterocycles. The van der Waals surface area contributed by atoms with E-state index in [9.17, 15) is 9.59 Å². The van der Waals surface area contributed by atoms with Gasteiger partial charge in [-0.15, -0.1) is 0 Å². The molecule has 0 unspecified atom stereocenters. The molecule has 0 fully saturated rings. The van der Waals surface area contributed by atoms with E-state index >= 15 is 0 Å². The quantitative estimate of drug-likeness (QED) is 0.362. The smallest absolute Gasteiger partial charge is 0.342 e. The average Bonchev–Trinajstić information content (AvgIpc) is 2.59. The van der Waals surface area contributed by atoms with E-state index < -0.39 is 11.8 Å². The van der Waals surface area contributed by atoms with Gasteiger partial charge in [-0.05, 0) is 42.7 Å². The molecule has 0 radical (unpaired) electrons. The standard InChI is InChI=1S/C17H18O5/c1-20-13-7-5-6-12(10-13)11-14(17(19)21-2)16(18)15-8-3-4-9-22-15/h5-8,10-11H,3-4,9H2,1-2H3/b14-11-. The van der Waals surface area contributed by atoms with Crippen LogP contribution in [0.2, 0.25) is 0 Å². The molecule has 1 heterocycles. The van der Waals surface area contributed by atoms with E-state index in [1.54, 1.807) is 37.5 Å². The number of ether oxygens (including phenoxy) is 3. The Kier molecular flexibility index (Phi) is 5.36. The van der Waals surface area contributed by atoms with Crippen LogP contribution in [0, 0.1) is 0 Å². The molecule has 0 aliphatic carbocycles. The molecule has 0 N–H and O–H groups in total. The van der Waals surface area contributed by atoms with Crippen LogP contribution in [0.1, 0.15) is 18.4 Å². The van der Waals surface area contributed by atoms with Crippen LogP contribution in [0.25, 0.3) is 6.08 Å². The Morgan fingerprint density at radius 1 is 1.27 bits per heavy atom. The average molecular weight is 302 g/mol. The third-order valence-corrected chi connectivity index (χ3v) is 3.21. The zero-order valence-electron chi connectivity index (χ0n) is 12.6. The van der Waals surface area contributed by atoms with E-state index in [4.69, 9.17) is 14.2 Å². The van der Waals surface area contributed by atoms with E-state index in [1.807, 2.05) is 0 Å². The van der Waals surface area contributed by atoms with Gasteiger partial charge in [-0.3, -0.25) is 4.79 Å². The van der Waals surface area contributed by atoms with Crippen LogP contribution in [0.4, 0.5) is 0 Å². The van der Waals surface area contributed by atoms with Gasteiger partial charge in [0.15, 0.2) is 5.76 Å². The summed E-state index contributed by atoms with van der Waals surface area (Å²) in [5.41, 5.74) is 0.605. The Morgan fingerprint density at radius 3 is 2.73 bits per heavy atom. The van der Waals surface area contributed by atoms with Crippen LogP contribution >= 0.6 is 0 Å². The number of Topliss-reactive ketones (excluding diaryl/α,β-unsaturated/α-hetero) is 1. The second-order valence-electron chi connectivity index (χ2n) is 4.71. The summed E-state index contributed by atoms with van der Waals surface area (Å²) < 4.78 is 15.2. The normalized spacial score (nSPS) is 14.6. The lowest BCUT2D eigenvalue weighted by molar-refractivity contribution is -0.137. The molecule has 1 aliphatic rings. The molecule has 0 spiro atoms. The number of allylic oxidation sites excluding steroid dienone is 2. The van der Waals surface area contributed by atoms with Crippen molar-refractivity contribution in [1.82, 2.24) is 0 Å². The van der Waals surface area contributed by atoms with E-state index in [0.29, 0.717) is 17.9 Å². The van der Waals surface area contributed by atoms with Crippen molar-refractivity contribution in [3.05, 3.63) is 47.2 Å². The second kappa shape index (κ2) is 7.45. The lowest BCUT2D eigenvalue weighted by atomic mass is 10.0. The highest BCUT2D eigenvalue weighted by atomic mass is 16.5. The monoisotopic (exact) mass is 302 g/mol. The Bertz CT molecular complexity index is 628. The van der Waals surface area contributed by atoms with Crippen LogP contribution in [0.3, 0.4) is 0 Å². The van der Waals surface area contributed by atoms with Crippen LogP contribution in [-0.2, 0) is 19.1 Å². The van der Waals surface area contributed by atoms with Gasteiger partial charge in [0.05, 0.1) is 20.8 Å².